The van der Waals surface area contributed by atoms with Crippen molar-refractivity contribution in [2.24, 2.45) is 5.92 Å². The van der Waals surface area contributed by atoms with E-state index >= 15 is 0 Å². The van der Waals surface area contributed by atoms with E-state index in [-0.39, 0.29) is 12.3 Å². The molecule has 1 aromatic carbocycles. The Morgan fingerprint density at radius 1 is 1.31 bits per heavy atom. The number of thiocarbonyl (C=S) groups is 1. The number of carbonyl (C=O) groups excluding carboxylic acids is 2. The maximum atomic E-state index is 12.2. The van der Waals surface area contributed by atoms with Crippen LogP contribution in [0.3, 0.4) is 0 Å². The number of carboxylic acid groups (broad SMARTS) is 1. The molecule has 1 aromatic rings. The van der Waals surface area contributed by atoms with Gasteiger partial charge in [0.2, 0.25) is 5.91 Å². The Morgan fingerprint density at radius 2 is 1.96 bits per heavy atom. The van der Waals surface area contributed by atoms with Gasteiger partial charge in [0.15, 0.2) is 5.11 Å². The van der Waals surface area contributed by atoms with E-state index in [1.165, 1.54) is 0 Å². The van der Waals surface area contributed by atoms with E-state index in [1.807, 2.05) is 13.8 Å². The van der Waals surface area contributed by atoms with E-state index in [0.29, 0.717) is 35.5 Å². The summed E-state index contributed by atoms with van der Waals surface area (Å²) in [5.74, 6) is -1.31. The number of carbonyl (C=O) groups is 2. The summed E-state index contributed by atoms with van der Waals surface area (Å²) in [6, 6.07) is 6.09. The third kappa shape index (κ3) is 8.59. The van der Waals surface area contributed by atoms with Gasteiger partial charge in [0.25, 0.3) is 0 Å². The minimum atomic E-state index is -1.24. The van der Waals surface area contributed by atoms with E-state index in [4.69, 9.17) is 12.2 Å². The van der Waals surface area contributed by atoms with E-state index in [2.05, 4.69) is 22.5 Å². The van der Waals surface area contributed by atoms with Gasteiger partial charge in [-0.2, -0.15) is 0 Å². The van der Waals surface area contributed by atoms with Crippen LogP contribution in [0.25, 0.3) is 0 Å². The lowest BCUT2D eigenvalue weighted by Gasteiger charge is -2.17. The van der Waals surface area contributed by atoms with Crippen molar-refractivity contribution < 1.29 is 20.0 Å². The first-order valence-corrected chi connectivity index (χ1v) is 8.82. The van der Waals surface area contributed by atoms with Gasteiger partial charge in [-0.05, 0) is 30.4 Å². The number of rotatable bonds is 10. The molecular weight excluding hydrogens is 352 g/mol. The van der Waals surface area contributed by atoms with Crippen LogP contribution in [0.2, 0.25) is 0 Å². The fourth-order valence-electron chi connectivity index (χ4n) is 2.13. The normalized spacial score (nSPS) is 11.5. The highest BCUT2D eigenvalue weighted by atomic mass is 32.1. The second-order valence-electron chi connectivity index (χ2n) is 6.25. The number of quaternary nitrogens is 1. The molecule has 0 aliphatic rings. The maximum absolute atomic E-state index is 12.2. The molecule has 1 amide bonds. The zero-order valence-electron chi connectivity index (χ0n) is 15.1. The van der Waals surface area contributed by atoms with Gasteiger partial charge in [-0.15, -0.1) is 6.58 Å². The minimum Gasteiger partial charge on any atom is -0.544 e. The van der Waals surface area contributed by atoms with Crippen LogP contribution in [0.15, 0.2) is 36.9 Å². The van der Waals surface area contributed by atoms with Crippen LogP contribution in [0.5, 0.6) is 0 Å². The van der Waals surface area contributed by atoms with Crippen LogP contribution in [0.1, 0.15) is 20.3 Å². The molecule has 0 saturated carbocycles. The van der Waals surface area contributed by atoms with Crippen molar-refractivity contribution in [3.8, 4) is 0 Å². The van der Waals surface area contributed by atoms with Crippen molar-refractivity contribution in [3.63, 3.8) is 0 Å². The second kappa shape index (κ2) is 11.2. The van der Waals surface area contributed by atoms with Crippen molar-refractivity contribution in [2.45, 2.75) is 26.3 Å². The van der Waals surface area contributed by atoms with Gasteiger partial charge >= 0.3 is 0 Å². The molecule has 0 unspecified atom stereocenters. The average Bonchev–Trinajstić information content (AvgIpc) is 2.56. The van der Waals surface area contributed by atoms with E-state index in [9.17, 15) is 14.7 Å². The summed E-state index contributed by atoms with van der Waals surface area (Å²) >= 11 is 5.13. The first kappa shape index (κ1) is 21.6. The van der Waals surface area contributed by atoms with Crippen LogP contribution < -0.4 is 26.4 Å². The largest absolute Gasteiger partial charge is 0.544 e. The Hall–Kier alpha value is -2.45. The number of anilines is 2. The number of aliphatic carboxylic acids is 1. The van der Waals surface area contributed by atoms with Gasteiger partial charge in [0.1, 0.15) is 6.04 Å². The maximum Gasteiger partial charge on any atom is 0.230 e. The molecule has 0 heterocycles. The Morgan fingerprint density at radius 3 is 2.54 bits per heavy atom. The molecule has 142 valence electrons. The van der Waals surface area contributed by atoms with Gasteiger partial charge in [0, 0.05) is 23.8 Å². The van der Waals surface area contributed by atoms with Crippen LogP contribution in [-0.4, -0.2) is 36.1 Å². The summed E-state index contributed by atoms with van der Waals surface area (Å²) < 4.78 is 0. The highest BCUT2D eigenvalue weighted by molar-refractivity contribution is 7.80. The van der Waals surface area contributed by atoms with Gasteiger partial charge in [-0.1, -0.05) is 26.0 Å². The molecule has 1 atom stereocenters. The lowest BCUT2D eigenvalue weighted by molar-refractivity contribution is -0.686. The molecule has 0 radical (unpaired) electrons. The predicted octanol–water partition coefficient (Wildman–Crippen LogP) is -0.174. The summed E-state index contributed by atoms with van der Waals surface area (Å²) in [5, 5.41) is 21.9. The molecule has 7 nitrogen and oxygen atoms in total. The second-order valence-corrected chi connectivity index (χ2v) is 6.66. The van der Waals surface area contributed by atoms with Crippen molar-refractivity contribution in [3.05, 3.63) is 36.9 Å². The summed E-state index contributed by atoms with van der Waals surface area (Å²) in [4.78, 5) is 23.4. The Balaban J connectivity index is 2.62. The molecule has 0 aliphatic carbocycles. The van der Waals surface area contributed by atoms with Crippen LogP contribution in [-0.2, 0) is 9.59 Å². The molecule has 0 spiro atoms. The molecule has 0 aromatic heterocycles. The van der Waals surface area contributed by atoms with Crippen molar-refractivity contribution in [1.82, 2.24) is 5.32 Å². The Bertz CT molecular complexity index is 649. The monoisotopic (exact) mass is 378 g/mol. The fraction of sp³-hybridized carbons (Fsp3) is 0.389. The van der Waals surface area contributed by atoms with E-state index in [1.54, 1.807) is 35.7 Å². The molecule has 1 rings (SSSR count). The van der Waals surface area contributed by atoms with Gasteiger partial charge in [-0.25, -0.2) is 0 Å². The number of amides is 1. The van der Waals surface area contributed by atoms with Crippen molar-refractivity contribution in [2.75, 3.05) is 23.7 Å². The van der Waals surface area contributed by atoms with Crippen molar-refractivity contribution >= 4 is 40.6 Å². The average molecular weight is 378 g/mol. The topological polar surface area (TPSA) is 110 Å². The van der Waals surface area contributed by atoms with Gasteiger partial charge in [-0.3, -0.25) is 4.79 Å². The molecular formula is C18H26N4O3S. The van der Waals surface area contributed by atoms with Gasteiger partial charge in [0.05, 0.1) is 18.9 Å². The number of nitrogens with two attached hydrogens (primary N) is 1. The molecule has 0 bridgehead atoms. The third-order valence-electron chi connectivity index (χ3n) is 3.41. The molecule has 26 heavy (non-hydrogen) atoms. The summed E-state index contributed by atoms with van der Waals surface area (Å²) in [6.45, 7) is 8.72. The zero-order chi connectivity index (χ0) is 19.5. The third-order valence-corrected chi connectivity index (χ3v) is 3.66. The number of hydrogen-bond acceptors (Lipinski definition) is 4. The molecule has 0 fully saturated rings. The number of benzene rings is 1. The first-order chi connectivity index (χ1) is 12.3. The fourth-order valence-corrected chi connectivity index (χ4v) is 2.33. The molecule has 0 aliphatic heterocycles. The standard InChI is InChI=1S/C18H26N4O3S/c1-4-8-19-18(26)22-14-7-5-6-13(9-14)21-16(23)10-15(17(24)25)20-11-12(2)3/h4-7,9,12,15,20H,1,8,10-11H2,2-3H3,(H,21,23)(H,24,25)(H2,19,22,26)/t15-/m0/s1. The SMILES string of the molecule is C=CCNC(=S)Nc1cccc(NC(=O)C[C@H]([NH2+]CC(C)C)C(=O)[O-])c1. The van der Waals surface area contributed by atoms with Gasteiger partial charge < -0.3 is 31.2 Å². The van der Waals surface area contributed by atoms with Crippen molar-refractivity contribution in [1.29, 1.82) is 0 Å². The minimum absolute atomic E-state index is 0.161. The zero-order valence-corrected chi connectivity index (χ0v) is 15.9. The quantitative estimate of drug-likeness (QED) is 0.332. The predicted molar refractivity (Wildman–Crippen MR) is 105 cm³/mol. The van der Waals surface area contributed by atoms with E-state index < -0.39 is 12.0 Å². The lowest BCUT2D eigenvalue weighted by Crippen LogP contribution is -2.94. The number of carboxylic acids is 1. The van der Waals surface area contributed by atoms with Crippen LogP contribution >= 0.6 is 12.2 Å². The smallest absolute Gasteiger partial charge is 0.230 e. The van der Waals surface area contributed by atoms with Crippen LogP contribution in [0.4, 0.5) is 11.4 Å². The highest BCUT2D eigenvalue weighted by Gasteiger charge is 2.18. The molecule has 5 N–H and O–H groups in total. The summed E-state index contributed by atoms with van der Waals surface area (Å²) in [7, 11) is 0. The number of hydrogen-bond donors (Lipinski definition) is 4. The Kier molecular flexibility index (Phi) is 9.32. The summed E-state index contributed by atoms with van der Waals surface area (Å²) in [6.07, 6.45) is 1.53. The highest BCUT2D eigenvalue weighted by Crippen LogP contribution is 2.15. The summed E-state index contributed by atoms with van der Waals surface area (Å²) in [5.41, 5.74) is 1.25. The molecule has 8 heteroatoms. The van der Waals surface area contributed by atoms with E-state index in [0.717, 1.165) is 0 Å². The van der Waals surface area contributed by atoms with Crippen LogP contribution in [0, 0.1) is 5.92 Å². The number of nitrogens with one attached hydrogen (secondary N) is 3. The Labute approximate surface area is 159 Å². The lowest BCUT2D eigenvalue weighted by atomic mass is 10.1. The first-order valence-electron chi connectivity index (χ1n) is 8.41. The molecule has 0 saturated heterocycles.